The second kappa shape index (κ2) is 8.73. The van der Waals surface area contributed by atoms with E-state index in [0.717, 1.165) is 30.6 Å². The average Bonchev–Trinajstić information content (AvgIpc) is 2.79. The van der Waals surface area contributed by atoms with Gasteiger partial charge in [0.1, 0.15) is 12.1 Å². The number of carbonyl (C=O) groups excluding carboxylic acids is 3. The summed E-state index contributed by atoms with van der Waals surface area (Å²) in [6, 6.07) is 4.11. The largest absolute Gasteiger partial charge is 0.325 e. The van der Waals surface area contributed by atoms with Crippen LogP contribution in [0.1, 0.15) is 46.0 Å². The highest BCUT2D eigenvalue weighted by Gasteiger charge is 2.47. The monoisotopic (exact) mass is 399 g/mol. The van der Waals surface area contributed by atoms with Gasteiger partial charge in [0.2, 0.25) is 5.91 Å². The second-order valence-corrected chi connectivity index (χ2v) is 7.46. The van der Waals surface area contributed by atoms with E-state index in [1.54, 1.807) is 19.1 Å². The van der Waals surface area contributed by atoms with E-state index < -0.39 is 17.5 Å². The van der Waals surface area contributed by atoms with Gasteiger partial charge < -0.3 is 10.6 Å². The van der Waals surface area contributed by atoms with Gasteiger partial charge in [-0.15, -0.1) is 0 Å². The second-order valence-electron chi connectivity index (χ2n) is 6.64. The summed E-state index contributed by atoms with van der Waals surface area (Å²) < 4.78 is 0. The summed E-state index contributed by atoms with van der Waals surface area (Å²) >= 11 is 11.7. The normalized spacial score (nSPS) is 19.6. The average molecular weight is 400 g/mol. The van der Waals surface area contributed by atoms with Crippen LogP contribution >= 0.6 is 23.2 Å². The highest BCUT2D eigenvalue weighted by molar-refractivity contribution is 6.42. The molecule has 0 unspecified atom stereocenters. The number of halogens is 2. The van der Waals surface area contributed by atoms with Crippen LogP contribution in [-0.4, -0.2) is 34.8 Å². The van der Waals surface area contributed by atoms with Crippen LogP contribution in [0.15, 0.2) is 18.2 Å². The Morgan fingerprint density at radius 3 is 2.58 bits per heavy atom. The first-order chi connectivity index (χ1) is 12.3. The maximum Gasteiger partial charge on any atom is 0.325 e. The minimum atomic E-state index is -0.950. The highest BCUT2D eigenvalue weighted by Crippen LogP contribution is 2.26. The zero-order valence-corrected chi connectivity index (χ0v) is 16.4. The van der Waals surface area contributed by atoms with Gasteiger partial charge in [-0.1, -0.05) is 55.8 Å². The molecule has 0 aliphatic carbocycles. The summed E-state index contributed by atoms with van der Waals surface area (Å²) in [6.07, 6.45) is 4.60. The molecule has 1 aromatic carbocycles. The van der Waals surface area contributed by atoms with Crippen LogP contribution in [0.4, 0.5) is 10.5 Å². The van der Waals surface area contributed by atoms with Crippen molar-refractivity contribution in [3.63, 3.8) is 0 Å². The number of urea groups is 1. The zero-order valence-electron chi connectivity index (χ0n) is 14.9. The van der Waals surface area contributed by atoms with Crippen LogP contribution in [0.3, 0.4) is 0 Å². The lowest BCUT2D eigenvalue weighted by molar-refractivity contribution is -0.133. The molecule has 1 saturated heterocycles. The van der Waals surface area contributed by atoms with Crippen molar-refractivity contribution in [3.8, 4) is 0 Å². The number of nitrogens with one attached hydrogen (secondary N) is 2. The Labute approximate surface area is 163 Å². The van der Waals surface area contributed by atoms with Crippen molar-refractivity contribution in [1.29, 1.82) is 0 Å². The molecular formula is C18H23Cl2N3O3. The van der Waals surface area contributed by atoms with Crippen molar-refractivity contribution in [3.05, 3.63) is 28.2 Å². The van der Waals surface area contributed by atoms with Gasteiger partial charge in [0.15, 0.2) is 0 Å². The molecule has 1 aliphatic heterocycles. The lowest BCUT2D eigenvalue weighted by Gasteiger charge is -2.21. The number of imide groups is 1. The Morgan fingerprint density at radius 2 is 1.92 bits per heavy atom. The molecule has 0 aromatic heterocycles. The summed E-state index contributed by atoms with van der Waals surface area (Å²) in [5, 5.41) is 6.00. The molecule has 26 heavy (non-hydrogen) atoms. The molecular weight excluding hydrogens is 377 g/mol. The standard InChI is InChI=1S/C18H23Cl2N3O3/c1-3-4-5-6-9-18(2)16(25)23(17(26)22-18)11-15(24)21-12-7-8-13(19)14(20)10-12/h7-8,10H,3-6,9,11H2,1-2H3,(H,21,24)(H,22,26)/t18-/m1/s1. The molecule has 0 saturated carbocycles. The maximum atomic E-state index is 12.6. The van der Waals surface area contributed by atoms with E-state index in [2.05, 4.69) is 17.6 Å². The topological polar surface area (TPSA) is 78.5 Å². The van der Waals surface area contributed by atoms with Crippen molar-refractivity contribution < 1.29 is 14.4 Å². The van der Waals surface area contributed by atoms with Crippen molar-refractivity contribution in [2.75, 3.05) is 11.9 Å². The van der Waals surface area contributed by atoms with Crippen molar-refractivity contribution in [2.24, 2.45) is 0 Å². The third kappa shape index (κ3) is 4.89. The number of benzene rings is 1. The summed E-state index contributed by atoms with van der Waals surface area (Å²) in [5.41, 5.74) is -0.506. The number of amides is 4. The highest BCUT2D eigenvalue weighted by atomic mass is 35.5. The molecule has 2 rings (SSSR count). The van der Waals surface area contributed by atoms with Crippen molar-refractivity contribution in [1.82, 2.24) is 10.2 Å². The Kier molecular flexibility index (Phi) is 6.89. The maximum absolute atomic E-state index is 12.6. The third-order valence-electron chi connectivity index (χ3n) is 4.38. The van der Waals surface area contributed by atoms with E-state index in [4.69, 9.17) is 23.2 Å². The fourth-order valence-corrected chi connectivity index (χ4v) is 3.18. The van der Waals surface area contributed by atoms with Gasteiger partial charge in [-0.05, 0) is 31.5 Å². The molecule has 1 aromatic rings. The fourth-order valence-electron chi connectivity index (χ4n) is 2.88. The smallest absolute Gasteiger partial charge is 0.324 e. The van der Waals surface area contributed by atoms with Gasteiger partial charge in [0.05, 0.1) is 10.0 Å². The first kappa shape index (κ1) is 20.5. The summed E-state index contributed by atoms with van der Waals surface area (Å²) in [7, 11) is 0. The summed E-state index contributed by atoms with van der Waals surface area (Å²) in [4.78, 5) is 37.9. The Hall–Kier alpha value is -1.79. The molecule has 0 bridgehead atoms. The molecule has 1 fully saturated rings. The Morgan fingerprint density at radius 1 is 1.19 bits per heavy atom. The molecule has 4 amide bonds. The minimum Gasteiger partial charge on any atom is -0.324 e. The Bertz CT molecular complexity index is 711. The molecule has 0 spiro atoms. The number of unbranched alkanes of at least 4 members (excludes halogenated alkanes) is 3. The number of rotatable bonds is 8. The van der Waals surface area contributed by atoms with Crippen LogP contribution in [-0.2, 0) is 9.59 Å². The van der Waals surface area contributed by atoms with E-state index >= 15 is 0 Å². The lowest BCUT2D eigenvalue weighted by atomic mass is 9.94. The third-order valence-corrected chi connectivity index (χ3v) is 5.12. The predicted octanol–water partition coefficient (Wildman–Crippen LogP) is 4.21. The number of nitrogens with zero attached hydrogens (tertiary/aromatic N) is 1. The lowest BCUT2D eigenvalue weighted by Crippen LogP contribution is -2.44. The fraction of sp³-hybridized carbons (Fsp3) is 0.500. The summed E-state index contributed by atoms with van der Waals surface area (Å²) in [5.74, 6) is -0.856. The van der Waals surface area contributed by atoms with Crippen LogP contribution in [0, 0.1) is 0 Å². The minimum absolute atomic E-state index is 0.305. The molecule has 142 valence electrons. The van der Waals surface area contributed by atoms with Gasteiger partial charge in [0, 0.05) is 5.69 Å². The molecule has 1 aliphatic rings. The van der Waals surface area contributed by atoms with Gasteiger partial charge in [0.25, 0.3) is 5.91 Å². The molecule has 8 heteroatoms. The number of hydrogen-bond acceptors (Lipinski definition) is 3. The van der Waals surface area contributed by atoms with Crippen LogP contribution in [0.2, 0.25) is 10.0 Å². The molecule has 2 N–H and O–H groups in total. The van der Waals surface area contributed by atoms with Crippen molar-refractivity contribution in [2.45, 2.75) is 51.5 Å². The molecule has 1 heterocycles. The number of carbonyl (C=O) groups is 3. The van der Waals surface area contributed by atoms with Gasteiger partial charge in [-0.3, -0.25) is 14.5 Å². The van der Waals surface area contributed by atoms with Crippen LogP contribution in [0.25, 0.3) is 0 Å². The van der Waals surface area contributed by atoms with E-state index in [-0.39, 0.29) is 12.5 Å². The number of hydrogen-bond donors (Lipinski definition) is 2. The molecule has 1 atom stereocenters. The van der Waals surface area contributed by atoms with E-state index in [9.17, 15) is 14.4 Å². The van der Waals surface area contributed by atoms with E-state index in [1.165, 1.54) is 6.07 Å². The quantitative estimate of drug-likeness (QED) is 0.507. The van der Waals surface area contributed by atoms with Crippen LogP contribution < -0.4 is 10.6 Å². The molecule has 0 radical (unpaired) electrons. The number of anilines is 1. The van der Waals surface area contributed by atoms with E-state index in [1.807, 2.05) is 0 Å². The van der Waals surface area contributed by atoms with Gasteiger partial charge >= 0.3 is 6.03 Å². The van der Waals surface area contributed by atoms with Crippen molar-refractivity contribution >= 4 is 46.7 Å². The van der Waals surface area contributed by atoms with E-state index in [0.29, 0.717) is 22.2 Å². The zero-order chi connectivity index (χ0) is 19.3. The SMILES string of the molecule is CCCCCC[C@@]1(C)NC(=O)N(CC(=O)Nc2ccc(Cl)c(Cl)c2)C1=O. The molecule has 6 nitrogen and oxygen atoms in total. The summed E-state index contributed by atoms with van der Waals surface area (Å²) in [6.45, 7) is 3.46. The Balaban J connectivity index is 1.95. The first-order valence-electron chi connectivity index (χ1n) is 8.66. The first-order valence-corrected chi connectivity index (χ1v) is 9.41. The predicted molar refractivity (Wildman–Crippen MR) is 103 cm³/mol. The van der Waals surface area contributed by atoms with Gasteiger partial charge in [-0.2, -0.15) is 0 Å². The van der Waals surface area contributed by atoms with Gasteiger partial charge in [-0.25, -0.2) is 4.79 Å². The van der Waals surface area contributed by atoms with Crippen LogP contribution in [0.5, 0.6) is 0 Å².